The van der Waals surface area contributed by atoms with Crippen molar-refractivity contribution in [2.24, 2.45) is 11.8 Å². The van der Waals surface area contributed by atoms with Crippen LogP contribution in [0.4, 0.5) is 16.0 Å². The normalized spacial score (nSPS) is 20.4. The molecule has 0 unspecified atom stereocenters. The number of carbonyl (C=O) groups is 4. The summed E-state index contributed by atoms with van der Waals surface area (Å²) in [5.74, 6) is -1.86. The van der Waals surface area contributed by atoms with E-state index in [9.17, 15) is 19.2 Å². The first kappa shape index (κ1) is 35.1. The van der Waals surface area contributed by atoms with Crippen LogP contribution in [0.5, 0.6) is 0 Å². The third-order valence-corrected chi connectivity index (χ3v) is 10.4. The van der Waals surface area contributed by atoms with Gasteiger partial charge in [-0.2, -0.15) is 0 Å². The minimum absolute atomic E-state index is 0.0483. The third-order valence-electron chi connectivity index (χ3n) is 9.76. The Morgan fingerprint density at radius 1 is 1.15 bits per heavy atom. The molecular formula is C34H44FN7O5S. The van der Waals surface area contributed by atoms with Crippen LogP contribution in [0.1, 0.15) is 73.2 Å². The summed E-state index contributed by atoms with van der Waals surface area (Å²) in [5.41, 5.74) is 1.22. The predicted molar refractivity (Wildman–Crippen MR) is 180 cm³/mol. The van der Waals surface area contributed by atoms with Crippen LogP contribution < -0.4 is 15.5 Å². The molecule has 14 heteroatoms. The zero-order valence-electron chi connectivity index (χ0n) is 27.9. The number of anilines is 2. The number of aromatic nitrogens is 2. The van der Waals surface area contributed by atoms with Crippen molar-refractivity contribution in [1.82, 2.24) is 24.7 Å². The van der Waals surface area contributed by atoms with Crippen molar-refractivity contribution in [3.8, 4) is 0 Å². The van der Waals surface area contributed by atoms with Crippen LogP contribution in [-0.4, -0.2) is 88.8 Å². The SMILES string of the molecule is CCc1ccoc1N(C=O)[C@H](C(=O)Nc1ccc([C@H](C)[C@@H](NC(=O)c2cnns2)C(=O)N2CCN(C)CC2)cc1F)C1CCC(C)CC1. The summed E-state index contributed by atoms with van der Waals surface area (Å²) in [7, 11) is 1.98. The van der Waals surface area contributed by atoms with Crippen molar-refractivity contribution in [3.05, 3.63) is 58.5 Å². The Bertz CT molecular complexity index is 1570. The highest BCUT2D eigenvalue weighted by atomic mass is 32.1. The van der Waals surface area contributed by atoms with Crippen molar-refractivity contribution >= 4 is 47.2 Å². The van der Waals surface area contributed by atoms with Gasteiger partial charge in [-0.05, 0) is 73.4 Å². The highest BCUT2D eigenvalue weighted by Crippen LogP contribution is 2.36. The topological polar surface area (TPSA) is 141 Å². The molecule has 4 amide bonds. The molecule has 3 aromatic rings. The lowest BCUT2D eigenvalue weighted by Crippen LogP contribution is -2.55. The Morgan fingerprint density at radius 2 is 1.88 bits per heavy atom. The first-order valence-electron chi connectivity index (χ1n) is 16.6. The Kier molecular flexibility index (Phi) is 11.6. The van der Waals surface area contributed by atoms with Crippen molar-refractivity contribution in [2.45, 2.75) is 70.9 Å². The number of likely N-dealkylation sites (N-methyl/N-ethyl adjacent to an activating group) is 1. The number of hydrogen-bond donors (Lipinski definition) is 2. The molecule has 12 nitrogen and oxygen atoms in total. The van der Waals surface area contributed by atoms with E-state index in [1.165, 1.54) is 29.5 Å². The summed E-state index contributed by atoms with van der Waals surface area (Å²) in [4.78, 5) is 58.7. The van der Waals surface area contributed by atoms with Crippen LogP contribution >= 0.6 is 11.5 Å². The van der Waals surface area contributed by atoms with Gasteiger partial charge in [-0.1, -0.05) is 44.2 Å². The molecule has 1 aliphatic carbocycles. The van der Waals surface area contributed by atoms with Gasteiger partial charge in [0.25, 0.3) is 5.91 Å². The quantitative estimate of drug-likeness (QED) is 0.270. The number of furan rings is 1. The largest absolute Gasteiger partial charge is 0.448 e. The lowest BCUT2D eigenvalue weighted by molar-refractivity contribution is -0.135. The van der Waals surface area contributed by atoms with Gasteiger partial charge in [0, 0.05) is 37.7 Å². The molecule has 3 heterocycles. The molecule has 1 saturated carbocycles. The van der Waals surface area contributed by atoms with Crippen molar-refractivity contribution < 1.29 is 28.0 Å². The highest BCUT2D eigenvalue weighted by Gasteiger charge is 2.39. The Balaban J connectivity index is 1.38. The molecule has 2 aliphatic rings. The van der Waals surface area contributed by atoms with E-state index >= 15 is 4.39 Å². The minimum atomic E-state index is -0.983. The van der Waals surface area contributed by atoms with Crippen LogP contribution in [-0.2, 0) is 20.8 Å². The second-order valence-corrected chi connectivity index (χ2v) is 13.7. The molecule has 48 heavy (non-hydrogen) atoms. The summed E-state index contributed by atoms with van der Waals surface area (Å²) in [6.07, 6.45) is 7.40. The van der Waals surface area contributed by atoms with Gasteiger partial charge in [0.15, 0.2) is 0 Å². The summed E-state index contributed by atoms with van der Waals surface area (Å²) >= 11 is 0.919. The molecule has 0 radical (unpaired) electrons. The van der Waals surface area contributed by atoms with Gasteiger partial charge < -0.3 is 24.9 Å². The van der Waals surface area contributed by atoms with E-state index < -0.39 is 35.6 Å². The Labute approximate surface area is 284 Å². The van der Waals surface area contributed by atoms with E-state index in [0.717, 1.165) is 42.8 Å². The van der Waals surface area contributed by atoms with Gasteiger partial charge in [0.2, 0.25) is 24.1 Å². The average Bonchev–Trinajstić information content (AvgIpc) is 3.80. The average molecular weight is 682 g/mol. The maximum atomic E-state index is 15.8. The third kappa shape index (κ3) is 7.92. The number of nitrogens with zero attached hydrogens (tertiary/aromatic N) is 5. The molecule has 2 aromatic heterocycles. The number of rotatable bonds is 12. The lowest BCUT2D eigenvalue weighted by Gasteiger charge is -2.36. The number of carbonyl (C=O) groups excluding carboxylic acids is 4. The monoisotopic (exact) mass is 681 g/mol. The molecule has 258 valence electrons. The summed E-state index contributed by atoms with van der Waals surface area (Å²) in [6, 6.07) is 4.28. The number of piperazine rings is 1. The molecule has 3 atom stereocenters. The fraction of sp³-hybridized carbons (Fsp3) is 0.529. The van der Waals surface area contributed by atoms with Gasteiger partial charge in [0.1, 0.15) is 22.8 Å². The van der Waals surface area contributed by atoms with E-state index in [-0.39, 0.29) is 22.4 Å². The molecule has 2 N–H and O–H groups in total. The molecule has 0 bridgehead atoms. The molecule has 5 rings (SSSR count). The molecule has 2 fully saturated rings. The van der Waals surface area contributed by atoms with Crippen LogP contribution in [0.3, 0.4) is 0 Å². The molecule has 1 saturated heterocycles. The zero-order chi connectivity index (χ0) is 34.4. The van der Waals surface area contributed by atoms with Gasteiger partial charge >= 0.3 is 0 Å². The highest BCUT2D eigenvalue weighted by molar-refractivity contribution is 7.07. The standard InChI is InChI=1S/C34H44FN7O5S/c1-5-23-12-17-47-34(23)42(20-43)30(24-8-6-21(2)7-9-24)32(45)37-27-11-10-25(18-26(27)35)22(3)29(38-31(44)28-19-36-39-48-28)33(46)41-15-13-40(4)14-16-41/h10-12,17-22,24,29-30H,5-9,13-16H2,1-4H3,(H,37,45)(H,38,44)/t21?,22-,24?,29+,30-/m0/s1. The predicted octanol–water partition coefficient (Wildman–Crippen LogP) is 4.31. The van der Waals surface area contributed by atoms with E-state index in [4.69, 9.17) is 4.42 Å². The summed E-state index contributed by atoms with van der Waals surface area (Å²) < 4.78 is 25.3. The summed E-state index contributed by atoms with van der Waals surface area (Å²) in [5, 5.41) is 9.30. The fourth-order valence-corrected chi connectivity index (χ4v) is 7.07. The molecular weight excluding hydrogens is 637 g/mol. The van der Waals surface area contributed by atoms with Gasteiger partial charge in [-0.3, -0.25) is 24.1 Å². The van der Waals surface area contributed by atoms with Crippen molar-refractivity contribution in [2.75, 3.05) is 43.4 Å². The molecule has 0 spiro atoms. The maximum absolute atomic E-state index is 15.8. The molecule has 1 aliphatic heterocycles. The zero-order valence-corrected chi connectivity index (χ0v) is 28.7. The smallest absolute Gasteiger partial charge is 0.265 e. The lowest BCUT2D eigenvalue weighted by atomic mass is 9.78. The van der Waals surface area contributed by atoms with E-state index in [0.29, 0.717) is 56.4 Å². The number of benzene rings is 1. The van der Waals surface area contributed by atoms with E-state index in [1.807, 2.05) is 14.0 Å². The van der Waals surface area contributed by atoms with Crippen molar-refractivity contribution in [1.29, 1.82) is 0 Å². The number of hydrogen-bond acceptors (Lipinski definition) is 9. The fourth-order valence-electron chi connectivity index (χ4n) is 6.65. The Morgan fingerprint density at radius 3 is 2.50 bits per heavy atom. The van der Waals surface area contributed by atoms with Crippen LogP contribution in [0.25, 0.3) is 0 Å². The van der Waals surface area contributed by atoms with E-state index in [1.54, 1.807) is 24.0 Å². The van der Waals surface area contributed by atoms with Crippen LogP contribution in [0, 0.1) is 17.7 Å². The second-order valence-electron chi connectivity index (χ2n) is 13.0. The van der Waals surface area contributed by atoms with E-state index in [2.05, 4.69) is 32.0 Å². The van der Waals surface area contributed by atoms with Crippen LogP contribution in [0.15, 0.2) is 41.1 Å². The number of aryl methyl sites for hydroxylation is 1. The Hall–Kier alpha value is -4.17. The maximum Gasteiger partial charge on any atom is 0.265 e. The minimum Gasteiger partial charge on any atom is -0.448 e. The van der Waals surface area contributed by atoms with Gasteiger partial charge in [-0.15, -0.1) is 5.10 Å². The summed E-state index contributed by atoms with van der Waals surface area (Å²) in [6.45, 7) is 8.29. The first-order chi connectivity index (χ1) is 23.1. The van der Waals surface area contributed by atoms with Gasteiger partial charge in [-0.25, -0.2) is 4.39 Å². The second kappa shape index (κ2) is 15.8. The first-order valence-corrected chi connectivity index (χ1v) is 17.3. The number of halogens is 1. The van der Waals surface area contributed by atoms with Crippen LogP contribution in [0.2, 0.25) is 0 Å². The number of nitrogens with one attached hydrogen (secondary N) is 2. The number of amides is 4. The van der Waals surface area contributed by atoms with Gasteiger partial charge in [0.05, 0.1) is 18.1 Å². The molecule has 1 aromatic carbocycles. The van der Waals surface area contributed by atoms with Crippen molar-refractivity contribution in [3.63, 3.8) is 0 Å².